The summed E-state index contributed by atoms with van der Waals surface area (Å²) in [5.74, 6) is 2.16. The van der Waals surface area contributed by atoms with Gasteiger partial charge in [0.2, 0.25) is 0 Å². The van der Waals surface area contributed by atoms with Gasteiger partial charge in [-0.25, -0.2) is 0 Å². The van der Waals surface area contributed by atoms with Crippen molar-refractivity contribution in [3.63, 3.8) is 0 Å². The molecule has 1 N–H and O–H groups in total. The lowest BCUT2D eigenvalue weighted by atomic mass is 9.82. The van der Waals surface area contributed by atoms with Gasteiger partial charge in [-0.05, 0) is 42.6 Å². The highest BCUT2D eigenvalue weighted by Gasteiger charge is 2.28. The number of benzene rings is 1. The zero-order chi connectivity index (χ0) is 13.1. The van der Waals surface area contributed by atoms with Gasteiger partial charge in [0.1, 0.15) is 0 Å². The zero-order valence-electron chi connectivity index (χ0n) is 11.9. The molecule has 0 saturated heterocycles. The largest absolute Gasteiger partial charge is 0.307 e. The molecule has 0 amide bonds. The predicted octanol–water partition coefficient (Wildman–Crippen LogP) is 4.78. The number of hydrogen-bond acceptors (Lipinski definition) is 2. The smallest absolute Gasteiger partial charge is 0.0341 e. The minimum absolute atomic E-state index is 0.592. The SMILES string of the molecule is CCC1CCCCC1NC1CCSc2ccccc21. The third-order valence-corrected chi connectivity index (χ3v) is 5.93. The summed E-state index contributed by atoms with van der Waals surface area (Å²) in [6, 6.07) is 10.3. The van der Waals surface area contributed by atoms with Crippen LogP contribution < -0.4 is 5.32 Å². The van der Waals surface area contributed by atoms with Gasteiger partial charge in [-0.15, -0.1) is 11.8 Å². The Morgan fingerprint density at radius 3 is 2.89 bits per heavy atom. The molecule has 0 bridgehead atoms. The van der Waals surface area contributed by atoms with Crippen molar-refractivity contribution in [1.29, 1.82) is 0 Å². The summed E-state index contributed by atoms with van der Waals surface area (Å²) < 4.78 is 0. The van der Waals surface area contributed by atoms with Crippen LogP contribution in [-0.2, 0) is 0 Å². The highest BCUT2D eigenvalue weighted by Crippen LogP contribution is 2.37. The summed E-state index contributed by atoms with van der Waals surface area (Å²) in [7, 11) is 0. The highest BCUT2D eigenvalue weighted by molar-refractivity contribution is 7.99. The Morgan fingerprint density at radius 1 is 1.16 bits per heavy atom. The van der Waals surface area contributed by atoms with Crippen LogP contribution in [0.1, 0.15) is 57.1 Å². The fourth-order valence-electron chi connectivity index (χ4n) is 3.69. The van der Waals surface area contributed by atoms with Crippen molar-refractivity contribution in [1.82, 2.24) is 5.32 Å². The topological polar surface area (TPSA) is 12.0 Å². The fourth-order valence-corrected chi connectivity index (χ4v) is 4.81. The Bertz CT molecular complexity index is 417. The number of hydrogen-bond donors (Lipinski definition) is 1. The third kappa shape index (κ3) is 3.00. The molecular weight excluding hydrogens is 250 g/mol. The molecule has 3 unspecified atom stereocenters. The first-order valence-corrected chi connectivity index (χ1v) is 8.85. The van der Waals surface area contributed by atoms with Crippen molar-refractivity contribution < 1.29 is 0 Å². The summed E-state index contributed by atoms with van der Waals surface area (Å²) in [6.07, 6.45) is 8.28. The van der Waals surface area contributed by atoms with Gasteiger partial charge in [-0.2, -0.15) is 0 Å². The lowest BCUT2D eigenvalue weighted by molar-refractivity contribution is 0.234. The molecule has 2 heteroatoms. The molecule has 3 rings (SSSR count). The quantitative estimate of drug-likeness (QED) is 0.852. The van der Waals surface area contributed by atoms with Gasteiger partial charge in [-0.3, -0.25) is 0 Å². The van der Waals surface area contributed by atoms with Gasteiger partial charge in [-0.1, -0.05) is 44.4 Å². The number of thioether (sulfide) groups is 1. The monoisotopic (exact) mass is 275 g/mol. The van der Waals surface area contributed by atoms with Crippen molar-refractivity contribution >= 4 is 11.8 Å². The highest BCUT2D eigenvalue weighted by atomic mass is 32.2. The van der Waals surface area contributed by atoms with Crippen LogP contribution in [0.5, 0.6) is 0 Å². The Labute approximate surface area is 121 Å². The standard InChI is InChI=1S/C17H25NS/c1-2-13-7-3-5-9-15(13)18-16-11-12-19-17-10-6-4-8-14(16)17/h4,6,8,10,13,15-16,18H,2-3,5,7,9,11-12H2,1H3. The van der Waals surface area contributed by atoms with Crippen molar-refractivity contribution in [3.05, 3.63) is 29.8 Å². The molecule has 1 aromatic carbocycles. The predicted molar refractivity (Wildman–Crippen MR) is 83.7 cm³/mol. The van der Waals surface area contributed by atoms with E-state index in [4.69, 9.17) is 0 Å². The van der Waals surface area contributed by atoms with Gasteiger partial charge in [0.05, 0.1) is 0 Å². The average molecular weight is 275 g/mol. The van der Waals surface area contributed by atoms with Crippen LogP contribution in [0, 0.1) is 5.92 Å². The van der Waals surface area contributed by atoms with Gasteiger partial charge in [0.15, 0.2) is 0 Å². The van der Waals surface area contributed by atoms with Crippen LogP contribution in [0.4, 0.5) is 0 Å². The molecule has 1 aliphatic heterocycles. The van der Waals surface area contributed by atoms with Crippen molar-refractivity contribution in [2.75, 3.05) is 5.75 Å². The summed E-state index contributed by atoms with van der Waals surface area (Å²) >= 11 is 2.02. The first-order valence-electron chi connectivity index (χ1n) is 7.86. The Balaban J connectivity index is 1.73. The molecule has 0 radical (unpaired) electrons. The summed E-state index contributed by atoms with van der Waals surface area (Å²) in [5, 5.41) is 4.00. The molecule has 1 nitrogen and oxygen atoms in total. The molecule has 1 aromatic rings. The van der Waals surface area contributed by atoms with Crippen molar-refractivity contribution in [2.45, 2.75) is 62.4 Å². The third-order valence-electron chi connectivity index (χ3n) is 4.81. The molecule has 1 heterocycles. The maximum Gasteiger partial charge on any atom is 0.0341 e. The molecular formula is C17H25NS. The van der Waals surface area contributed by atoms with E-state index in [2.05, 4.69) is 36.5 Å². The second-order valence-corrected chi connectivity index (χ2v) is 7.09. The van der Waals surface area contributed by atoms with Crippen LogP contribution in [0.15, 0.2) is 29.2 Å². The second-order valence-electron chi connectivity index (χ2n) is 5.95. The molecule has 0 aromatic heterocycles. The van der Waals surface area contributed by atoms with Crippen LogP contribution in [0.2, 0.25) is 0 Å². The van der Waals surface area contributed by atoms with Gasteiger partial charge in [0, 0.05) is 17.0 Å². The molecule has 104 valence electrons. The molecule has 1 saturated carbocycles. The molecule has 2 aliphatic rings. The normalized spacial score (nSPS) is 30.9. The molecule has 1 fully saturated rings. The number of fused-ring (bicyclic) bond motifs is 1. The average Bonchev–Trinajstić information content (AvgIpc) is 2.48. The van der Waals surface area contributed by atoms with E-state index in [0.29, 0.717) is 6.04 Å². The molecule has 3 atom stereocenters. The summed E-state index contributed by atoms with van der Waals surface area (Å²) in [6.45, 7) is 2.36. The Kier molecular flexibility index (Phi) is 4.49. The van der Waals surface area contributed by atoms with E-state index < -0.39 is 0 Å². The first kappa shape index (κ1) is 13.5. The number of rotatable bonds is 3. The van der Waals surface area contributed by atoms with E-state index in [-0.39, 0.29) is 0 Å². The van der Waals surface area contributed by atoms with E-state index in [1.807, 2.05) is 11.8 Å². The maximum absolute atomic E-state index is 4.00. The van der Waals surface area contributed by atoms with Crippen molar-refractivity contribution in [2.24, 2.45) is 5.92 Å². The maximum atomic E-state index is 4.00. The minimum Gasteiger partial charge on any atom is -0.307 e. The Morgan fingerprint density at radius 2 is 2.00 bits per heavy atom. The van der Waals surface area contributed by atoms with E-state index in [1.165, 1.54) is 49.2 Å². The van der Waals surface area contributed by atoms with Gasteiger partial charge in [0.25, 0.3) is 0 Å². The summed E-state index contributed by atoms with van der Waals surface area (Å²) in [4.78, 5) is 1.50. The second kappa shape index (κ2) is 6.32. The molecule has 19 heavy (non-hydrogen) atoms. The van der Waals surface area contributed by atoms with Crippen molar-refractivity contribution in [3.8, 4) is 0 Å². The minimum atomic E-state index is 0.592. The lowest BCUT2D eigenvalue weighted by Crippen LogP contribution is -2.41. The van der Waals surface area contributed by atoms with Crippen LogP contribution >= 0.6 is 11.8 Å². The van der Waals surface area contributed by atoms with Crippen LogP contribution in [0.25, 0.3) is 0 Å². The summed E-state index contributed by atoms with van der Waals surface area (Å²) in [5.41, 5.74) is 1.54. The number of nitrogens with one attached hydrogen (secondary N) is 1. The van der Waals surface area contributed by atoms with E-state index in [0.717, 1.165) is 12.0 Å². The molecule has 0 spiro atoms. The molecule has 1 aliphatic carbocycles. The first-order chi connectivity index (χ1) is 9.38. The van der Waals surface area contributed by atoms with Gasteiger partial charge < -0.3 is 5.32 Å². The van der Waals surface area contributed by atoms with Crippen LogP contribution in [0.3, 0.4) is 0 Å². The van der Waals surface area contributed by atoms with E-state index >= 15 is 0 Å². The van der Waals surface area contributed by atoms with E-state index in [1.54, 1.807) is 5.56 Å². The van der Waals surface area contributed by atoms with Crippen LogP contribution in [-0.4, -0.2) is 11.8 Å². The lowest BCUT2D eigenvalue weighted by Gasteiger charge is -2.36. The zero-order valence-corrected chi connectivity index (χ0v) is 12.7. The fraction of sp³-hybridized carbons (Fsp3) is 0.647. The Hall–Kier alpha value is -0.470. The van der Waals surface area contributed by atoms with E-state index in [9.17, 15) is 0 Å². The van der Waals surface area contributed by atoms with Gasteiger partial charge >= 0.3 is 0 Å².